The number of rotatable bonds is 3. The van der Waals surface area contributed by atoms with E-state index >= 15 is 0 Å². The molecule has 1 atom stereocenters. The minimum Gasteiger partial charge on any atom is -0.443 e. The number of nitrogens with zero attached hydrogens (tertiary/aromatic N) is 3. The number of nitrogens with one attached hydrogen (secondary N) is 1. The number of carbonyl (C=O) groups is 1. The minimum atomic E-state index is -0.627. The molecule has 0 spiro atoms. The van der Waals surface area contributed by atoms with Crippen LogP contribution in [0.2, 0.25) is 0 Å². The molecule has 1 aliphatic carbocycles. The van der Waals surface area contributed by atoms with Gasteiger partial charge in [0.2, 0.25) is 0 Å². The summed E-state index contributed by atoms with van der Waals surface area (Å²) in [7, 11) is 0. The molecule has 1 saturated heterocycles. The Morgan fingerprint density at radius 1 is 1.28 bits per heavy atom. The Labute approximate surface area is 211 Å². The Hall–Kier alpha value is -3.21. The Balaban J connectivity index is 1.49. The molecule has 36 heavy (non-hydrogen) atoms. The molecule has 0 unspecified atom stereocenters. The molecule has 2 aliphatic heterocycles. The van der Waals surface area contributed by atoms with Crippen molar-refractivity contribution in [2.75, 3.05) is 13.2 Å². The number of fused-ring (bicyclic) bond motifs is 2. The van der Waals surface area contributed by atoms with Crippen LogP contribution in [-0.2, 0) is 27.9 Å². The predicted octanol–water partition coefficient (Wildman–Crippen LogP) is 5.54. The lowest BCUT2D eigenvalue weighted by Crippen LogP contribution is -2.27. The first-order chi connectivity index (χ1) is 17.3. The normalized spacial score (nSPS) is 20.7. The number of nitriles is 1. The molecule has 4 heterocycles. The van der Waals surface area contributed by atoms with E-state index < -0.39 is 17.1 Å². The molecule has 0 amide bonds. The van der Waals surface area contributed by atoms with Gasteiger partial charge in [-0.15, -0.1) is 0 Å². The average molecular weight is 485 g/mol. The maximum absolute atomic E-state index is 13.0. The van der Waals surface area contributed by atoms with Crippen LogP contribution in [-0.4, -0.2) is 34.4 Å². The van der Waals surface area contributed by atoms with Crippen molar-refractivity contribution in [3.8, 4) is 17.2 Å². The highest BCUT2D eigenvalue weighted by Gasteiger charge is 2.47. The quantitative estimate of drug-likeness (QED) is 0.525. The summed E-state index contributed by atoms with van der Waals surface area (Å²) in [5.74, 6) is 0. The van der Waals surface area contributed by atoms with Gasteiger partial charge in [0.05, 0.1) is 24.7 Å². The van der Waals surface area contributed by atoms with E-state index in [1.807, 2.05) is 27.0 Å². The second-order valence-electron chi connectivity index (χ2n) is 11.3. The fourth-order valence-electron chi connectivity index (χ4n) is 5.60. The highest BCUT2D eigenvalue weighted by Crippen LogP contribution is 2.50. The lowest BCUT2D eigenvalue weighted by Gasteiger charge is -2.24. The van der Waals surface area contributed by atoms with Gasteiger partial charge < -0.3 is 14.8 Å². The van der Waals surface area contributed by atoms with Crippen LogP contribution >= 0.6 is 0 Å². The summed E-state index contributed by atoms with van der Waals surface area (Å²) in [5, 5.41) is 14.5. The van der Waals surface area contributed by atoms with Gasteiger partial charge in [-0.05, 0) is 93.8 Å². The van der Waals surface area contributed by atoms with Gasteiger partial charge in [0, 0.05) is 34.9 Å². The van der Waals surface area contributed by atoms with Crippen LogP contribution in [0.5, 0.6) is 0 Å². The lowest BCUT2D eigenvalue weighted by atomic mass is 9.88. The van der Waals surface area contributed by atoms with Crippen LogP contribution in [0.4, 0.5) is 4.79 Å². The molecule has 0 radical (unpaired) electrons. The predicted molar refractivity (Wildman–Crippen MR) is 137 cm³/mol. The molecule has 1 saturated carbocycles. The number of aromatic nitrogens is 2. The maximum Gasteiger partial charge on any atom is 0.420 e. The Morgan fingerprint density at radius 2 is 2.11 bits per heavy atom. The first-order valence-corrected chi connectivity index (χ1v) is 12.9. The number of hydrogen-bond acceptors (Lipinski definition) is 6. The minimum absolute atomic E-state index is 0.342. The molecule has 7 heteroatoms. The monoisotopic (exact) mass is 484 g/mol. The topological polar surface area (TPSA) is 89.2 Å². The Morgan fingerprint density at radius 3 is 2.81 bits per heavy atom. The second kappa shape index (κ2) is 8.43. The zero-order valence-electron chi connectivity index (χ0n) is 21.2. The van der Waals surface area contributed by atoms with E-state index in [2.05, 4.69) is 29.6 Å². The third-order valence-corrected chi connectivity index (χ3v) is 7.62. The van der Waals surface area contributed by atoms with Gasteiger partial charge in [0.15, 0.2) is 0 Å². The summed E-state index contributed by atoms with van der Waals surface area (Å²) in [6.45, 7) is 7.97. The van der Waals surface area contributed by atoms with Crippen molar-refractivity contribution in [3.63, 3.8) is 0 Å². The fourth-order valence-corrected chi connectivity index (χ4v) is 5.60. The highest BCUT2D eigenvalue weighted by molar-refractivity contribution is 5.93. The summed E-state index contributed by atoms with van der Waals surface area (Å²) >= 11 is 0. The highest BCUT2D eigenvalue weighted by atomic mass is 16.6. The lowest BCUT2D eigenvalue weighted by molar-refractivity contribution is 0.0543. The van der Waals surface area contributed by atoms with Gasteiger partial charge in [-0.3, -0.25) is 0 Å². The Bertz CT molecular complexity index is 1400. The zero-order valence-corrected chi connectivity index (χ0v) is 21.2. The third-order valence-electron chi connectivity index (χ3n) is 7.62. The number of benzene rings is 1. The smallest absolute Gasteiger partial charge is 0.420 e. The van der Waals surface area contributed by atoms with Crippen molar-refractivity contribution >= 4 is 17.1 Å². The molecular formula is C29H32N4O3. The number of pyridine rings is 1. The second-order valence-corrected chi connectivity index (χ2v) is 11.3. The fraction of sp³-hybridized carbons (Fsp3) is 0.483. The Kier molecular flexibility index (Phi) is 5.43. The first-order valence-electron chi connectivity index (χ1n) is 12.9. The molecule has 2 fully saturated rings. The molecule has 3 aliphatic rings. The van der Waals surface area contributed by atoms with Crippen LogP contribution in [0, 0.1) is 11.3 Å². The molecule has 0 bridgehead atoms. The largest absolute Gasteiger partial charge is 0.443 e. The summed E-state index contributed by atoms with van der Waals surface area (Å²) in [5.41, 5.74) is 6.30. The van der Waals surface area contributed by atoms with Crippen LogP contribution in [0.25, 0.3) is 22.2 Å². The number of hydrogen-bond donors (Lipinski definition) is 1. The van der Waals surface area contributed by atoms with E-state index in [4.69, 9.17) is 14.5 Å². The number of carbonyl (C=O) groups excluding carboxylic acids is 1. The van der Waals surface area contributed by atoms with E-state index in [0.717, 1.165) is 60.9 Å². The molecule has 1 aromatic carbocycles. The van der Waals surface area contributed by atoms with Gasteiger partial charge in [0.25, 0.3) is 0 Å². The maximum atomic E-state index is 13.0. The van der Waals surface area contributed by atoms with E-state index in [1.165, 1.54) is 27.7 Å². The van der Waals surface area contributed by atoms with Crippen LogP contribution in [0.3, 0.4) is 0 Å². The first kappa shape index (κ1) is 23.2. The van der Waals surface area contributed by atoms with Gasteiger partial charge in [-0.2, -0.15) is 5.26 Å². The van der Waals surface area contributed by atoms with E-state index in [-0.39, 0.29) is 0 Å². The van der Waals surface area contributed by atoms with Crippen molar-refractivity contribution in [2.24, 2.45) is 0 Å². The van der Waals surface area contributed by atoms with Crippen LogP contribution in [0.1, 0.15) is 74.8 Å². The van der Waals surface area contributed by atoms with Gasteiger partial charge >= 0.3 is 6.09 Å². The van der Waals surface area contributed by atoms with E-state index in [0.29, 0.717) is 18.3 Å². The molecule has 2 aromatic heterocycles. The molecule has 7 nitrogen and oxygen atoms in total. The molecule has 6 rings (SSSR count). The van der Waals surface area contributed by atoms with Gasteiger partial charge in [-0.1, -0.05) is 6.07 Å². The molecule has 3 aromatic rings. The van der Waals surface area contributed by atoms with Crippen LogP contribution in [0.15, 0.2) is 30.6 Å². The SMILES string of the molecule is CC(C)(C)OC(=O)n1cc(C2(C#N)CC2)c2cc(-c3cc4c(c([C@@H]5CCCN5)c3)COCC4)cnc21. The van der Waals surface area contributed by atoms with Crippen molar-refractivity contribution in [2.45, 2.75) is 76.5 Å². The van der Waals surface area contributed by atoms with Crippen molar-refractivity contribution in [1.29, 1.82) is 5.26 Å². The van der Waals surface area contributed by atoms with Gasteiger partial charge in [0.1, 0.15) is 11.2 Å². The number of ether oxygens (including phenoxy) is 2. The van der Waals surface area contributed by atoms with Gasteiger partial charge in [-0.25, -0.2) is 14.3 Å². The standard InChI is InChI=1S/C29H32N4O3/c1-28(2,3)36-27(34)33-15-24(29(17-30)7-8-29)22-13-20(14-32-26(22)33)19-11-18-6-10-35-16-23(18)21(12-19)25-5-4-9-31-25/h11-15,25,31H,4-10,16H2,1-3H3/t25-/m0/s1. The molecular weight excluding hydrogens is 452 g/mol. The van der Waals surface area contributed by atoms with E-state index in [9.17, 15) is 10.1 Å². The summed E-state index contributed by atoms with van der Waals surface area (Å²) < 4.78 is 12.9. The van der Waals surface area contributed by atoms with Crippen molar-refractivity contribution < 1.29 is 14.3 Å². The van der Waals surface area contributed by atoms with E-state index in [1.54, 1.807) is 6.20 Å². The zero-order chi connectivity index (χ0) is 25.1. The summed E-state index contributed by atoms with van der Waals surface area (Å²) in [4.78, 5) is 17.8. The average Bonchev–Trinajstić information content (AvgIpc) is 3.27. The summed E-state index contributed by atoms with van der Waals surface area (Å²) in [6, 6.07) is 9.48. The van der Waals surface area contributed by atoms with Crippen molar-refractivity contribution in [1.82, 2.24) is 14.9 Å². The molecule has 186 valence electrons. The third kappa shape index (κ3) is 3.99. The van der Waals surface area contributed by atoms with Crippen LogP contribution < -0.4 is 5.32 Å². The summed E-state index contributed by atoms with van der Waals surface area (Å²) in [6.07, 6.45) is 7.91. The van der Waals surface area contributed by atoms with Crippen molar-refractivity contribution in [3.05, 3.63) is 52.8 Å². The molecule has 1 N–H and O–H groups in total.